The van der Waals surface area contributed by atoms with E-state index in [1.165, 1.54) is 17.0 Å². The number of Topliss-reactive ketones (excluding diaryl/α,β-unsaturated/α-hetero) is 1. The predicted octanol–water partition coefficient (Wildman–Crippen LogP) is 3.36. The molecule has 2 fully saturated rings. The lowest BCUT2D eigenvalue weighted by molar-refractivity contribution is -0.384. The number of carbonyl (C=O) groups excluding carboxylic acids is 2. The van der Waals surface area contributed by atoms with Crippen molar-refractivity contribution in [2.24, 2.45) is 0 Å². The highest BCUT2D eigenvalue weighted by Crippen LogP contribution is 2.40. The second kappa shape index (κ2) is 10.4. The average Bonchev–Trinajstić information content (AvgIpc) is 3.11. The molecule has 0 saturated carbocycles. The minimum absolute atomic E-state index is 0.00363. The molecule has 35 heavy (non-hydrogen) atoms. The van der Waals surface area contributed by atoms with Gasteiger partial charge in [0.1, 0.15) is 5.76 Å². The standard InChI is InChI=1S/C26H29N3O6/c1-17-4-5-18(2)21(16-17)24(30)22-23(19-6-8-20(9-7-19)29(33)34)28(26(32)25(22)31)11-3-10-27-12-14-35-15-13-27/h4-9,16,23,30H,3,10-15H2,1-2H3/b24-22-. The van der Waals surface area contributed by atoms with Crippen LogP contribution in [0.4, 0.5) is 5.69 Å². The van der Waals surface area contributed by atoms with Crippen LogP contribution in [0, 0.1) is 24.0 Å². The molecule has 0 bridgehead atoms. The minimum Gasteiger partial charge on any atom is -0.507 e. The van der Waals surface area contributed by atoms with Crippen molar-refractivity contribution in [3.8, 4) is 0 Å². The SMILES string of the molecule is Cc1ccc(C)c(/C(O)=C2/C(=O)C(=O)N(CCCN3CCOCC3)C2c2ccc([N+](=O)[O-])cc2)c1. The molecular formula is C26H29N3O6. The molecule has 2 aliphatic heterocycles. The molecule has 0 aliphatic carbocycles. The number of ketones is 1. The summed E-state index contributed by atoms with van der Waals surface area (Å²) in [4.78, 5) is 40.7. The van der Waals surface area contributed by atoms with Gasteiger partial charge in [-0.2, -0.15) is 0 Å². The normalized spacial score (nSPS) is 20.4. The maximum atomic E-state index is 13.2. The number of ether oxygens (including phenoxy) is 1. The van der Waals surface area contributed by atoms with E-state index in [0.29, 0.717) is 37.3 Å². The van der Waals surface area contributed by atoms with Crippen LogP contribution in [-0.2, 0) is 14.3 Å². The maximum absolute atomic E-state index is 13.2. The van der Waals surface area contributed by atoms with Gasteiger partial charge in [-0.15, -0.1) is 0 Å². The Kier molecular flexibility index (Phi) is 7.28. The molecule has 184 valence electrons. The Morgan fingerprint density at radius 2 is 1.77 bits per heavy atom. The highest BCUT2D eigenvalue weighted by atomic mass is 16.6. The summed E-state index contributed by atoms with van der Waals surface area (Å²) in [6.45, 7) is 7.74. The van der Waals surface area contributed by atoms with Crippen LogP contribution >= 0.6 is 0 Å². The number of aryl methyl sites for hydroxylation is 2. The molecule has 1 N–H and O–H groups in total. The molecule has 0 spiro atoms. The predicted molar refractivity (Wildman–Crippen MR) is 130 cm³/mol. The van der Waals surface area contributed by atoms with Crippen molar-refractivity contribution in [3.63, 3.8) is 0 Å². The van der Waals surface area contributed by atoms with Gasteiger partial charge < -0.3 is 14.7 Å². The number of aliphatic hydroxyl groups excluding tert-OH is 1. The van der Waals surface area contributed by atoms with Crippen LogP contribution in [0.25, 0.3) is 5.76 Å². The lowest BCUT2D eigenvalue weighted by Crippen LogP contribution is -2.38. The fourth-order valence-electron chi connectivity index (χ4n) is 4.66. The molecule has 1 amide bonds. The van der Waals surface area contributed by atoms with Gasteiger partial charge in [-0.3, -0.25) is 24.6 Å². The number of aliphatic hydroxyl groups is 1. The molecule has 4 rings (SSSR count). The van der Waals surface area contributed by atoms with Crippen molar-refractivity contribution in [1.29, 1.82) is 0 Å². The molecule has 2 saturated heterocycles. The van der Waals surface area contributed by atoms with Crippen LogP contribution < -0.4 is 0 Å². The van der Waals surface area contributed by atoms with Crippen LogP contribution in [-0.4, -0.2) is 70.9 Å². The van der Waals surface area contributed by atoms with E-state index >= 15 is 0 Å². The highest BCUT2D eigenvalue weighted by Gasteiger charge is 2.46. The third kappa shape index (κ3) is 5.11. The van der Waals surface area contributed by atoms with Crippen molar-refractivity contribution < 1.29 is 24.4 Å². The Morgan fingerprint density at radius 3 is 2.43 bits per heavy atom. The Hall–Kier alpha value is -3.56. The average molecular weight is 480 g/mol. The van der Waals surface area contributed by atoms with E-state index in [-0.39, 0.29) is 17.0 Å². The highest BCUT2D eigenvalue weighted by molar-refractivity contribution is 6.46. The first-order chi connectivity index (χ1) is 16.8. The lowest BCUT2D eigenvalue weighted by atomic mass is 9.93. The Labute approximate surface area is 203 Å². The van der Waals surface area contributed by atoms with E-state index in [1.54, 1.807) is 18.2 Å². The van der Waals surface area contributed by atoms with Gasteiger partial charge in [0.2, 0.25) is 0 Å². The fraction of sp³-hybridized carbons (Fsp3) is 0.385. The first-order valence-corrected chi connectivity index (χ1v) is 11.7. The molecule has 2 aliphatic rings. The fourth-order valence-corrected chi connectivity index (χ4v) is 4.66. The van der Waals surface area contributed by atoms with Crippen LogP contribution in [0.3, 0.4) is 0 Å². The van der Waals surface area contributed by atoms with Gasteiger partial charge in [0.25, 0.3) is 17.4 Å². The summed E-state index contributed by atoms with van der Waals surface area (Å²) >= 11 is 0. The van der Waals surface area contributed by atoms with Crippen molar-refractivity contribution in [2.75, 3.05) is 39.4 Å². The third-order valence-corrected chi connectivity index (χ3v) is 6.58. The molecule has 0 aromatic heterocycles. The number of nitro benzene ring substituents is 1. The van der Waals surface area contributed by atoms with E-state index in [2.05, 4.69) is 4.90 Å². The number of likely N-dealkylation sites (tertiary alicyclic amines) is 1. The first-order valence-electron chi connectivity index (χ1n) is 11.7. The van der Waals surface area contributed by atoms with Gasteiger partial charge in [-0.1, -0.05) is 17.7 Å². The molecule has 2 heterocycles. The van der Waals surface area contributed by atoms with E-state index in [9.17, 15) is 24.8 Å². The molecule has 9 heteroatoms. The van der Waals surface area contributed by atoms with Gasteiger partial charge in [0.15, 0.2) is 0 Å². The number of carbonyl (C=O) groups is 2. The monoisotopic (exact) mass is 479 g/mol. The number of benzene rings is 2. The van der Waals surface area contributed by atoms with E-state index in [0.717, 1.165) is 30.8 Å². The van der Waals surface area contributed by atoms with Gasteiger partial charge in [-0.05, 0) is 49.6 Å². The maximum Gasteiger partial charge on any atom is 0.295 e. The number of hydrogen-bond donors (Lipinski definition) is 1. The van der Waals surface area contributed by atoms with Crippen LogP contribution in [0.15, 0.2) is 48.0 Å². The molecule has 2 aromatic rings. The van der Waals surface area contributed by atoms with Crippen LogP contribution in [0.5, 0.6) is 0 Å². The van der Waals surface area contributed by atoms with E-state index in [1.807, 2.05) is 26.0 Å². The summed E-state index contributed by atoms with van der Waals surface area (Å²) < 4.78 is 5.38. The smallest absolute Gasteiger partial charge is 0.295 e. The van der Waals surface area contributed by atoms with Crippen LogP contribution in [0.2, 0.25) is 0 Å². The third-order valence-electron chi connectivity index (χ3n) is 6.58. The number of rotatable bonds is 7. The van der Waals surface area contributed by atoms with Crippen molar-refractivity contribution in [2.45, 2.75) is 26.3 Å². The van der Waals surface area contributed by atoms with Crippen molar-refractivity contribution >= 4 is 23.1 Å². The largest absolute Gasteiger partial charge is 0.507 e. The summed E-state index contributed by atoms with van der Waals surface area (Å²) in [6, 6.07) is 10.5. The number of nitrogens with zero attached hydrogens (tertiary/aromatic N) is 3. The molecular weight excluding hydrogens is 450 g/mol. The van der Waals surface area contributed by atoms with Crippen molar-refractivity contribution in [1.82, 2.24) is 9.80 Å². The number of nitro groups is 1. The van der Waals surface area contributed by atoms with E-state index < -0.39 is 22.7 Å². The second-order valence-electron chi connectivity index (χ2n) is 8.97. The van der Waals surface area contributed by atoms with Gasteiger partial charge >= 0.3 is 0 Å². The summed E-state index contributed by atoms with van der Waals surface area (Å²) in [7, 11) is 0. The molecule has 2 aromatic carbocycles. The zero-order valence-electron chi connectivity index (χ0n) is 19.9. The number of hydrogen-bond acceptors (Lipinski definition) is 7. The van der Waals surface area contributed by atoms with Gasteiger partial charge in [0.05, 0.1) is 29.8 Å². The van der Waals surface area contributed by atoms with Gasteiger partial charge in [-0.25, -0.2) is 0 Å². The number of amides is 1. The molecule has 1 atom stereocenters. The zero-order chi connectivity index (χ0) is 25.1. The Bertz CT molecular complexity index is 1170. The molecule has 9 nitrogen and oxygen atoms in total. The van der Waals surface area contributed by atoms with E-state index in [4.69, 9.17) is 4.74 Å². The summed E-state index contributed by atoms with van der Waals surface area (Å²) in [5, 5.41) is 22.4. The molecule has 0 radical (unpaired) electrons. The zero-order valence-corrected chi connectivity index (χ0v) is 19.9. The lowest BCUT2D eigenvalue weighted by Gasteiger charge is -2.29. The quantitative estimate of drug-likeness (QED) is 0.213. The molecule has 1 unspecified atom stereocenters. The van der Waals surface area contributed by atoms with Crippen LogP contribution in [0.1, 0.15) is 34.7 Å². The number of morpholine rings is 1. The second-order valence-corrected chi connectivity index (χ2v) is 8.97. The Morgan fingerprint density at radius 1 is 1.09 bits per heavy atom. The summed E-state index contributed by atoms with van der Waals surface area (Å²) in [6.07, 6.45) is 0.639. The Balaban J connectivity index is 1.72. The topological polar surface area (TPSA) is 113 Å². The summed E-state index contributed by atoms with van der Waals surface area (Å²) in [5.74, 6) is -1.66. The minimum atomic E-state index is -0.833. The number of non-ortho nitro benzene ring substituents is 1. The summed E-state index contributed by atoms with van der Waals surface area (Å²) in [5.41, 5.74) is 2.62. The van der Waals surface area contributed by atoms with Gasteiger partial charge in [0, 0.05) is 43.9 Å². The first kappa shape index (κ1) is 24.6. The van der Waals surface area contributed by atoms with Crippen molar-refractivity contribution in [3.05, 3.63) is 80.4 Å².